The van der Waals surface area contributed by atoms with Gasteiger partial charge in [0.05, 0.1) is 5.60 Å². The fraction of sp³-hybridized carbons (Fsp3) is 1.00. The van der Waals surface area contributed by atoms with E-state index in [-0.39, 0.29) is 5.60 Å². The topological polar surface area (TPSA) is 35.2 Å². The summed E-state index contributed by atoms with van der Waals surface area (Å²) in [5.74, 6) is 0.757. The molecular weight excluding hydrogens is 174 g/mol. The quantitative estimate of drug-likeness (QED) is 0.705. The van der Waals surface area contributed by atoms with Gasteiger partial charge in [0.15, 0.2) is 0 Å². The molecule has 0 radical (unpaired) electrons. The van der Waals surface area contributed by atoms with Crippen LogP contribution in [0.2, 0.25) is 0 Å². The third-order valence-corrected chi connectivity index (χ3v) is 4.09. The lowest BCUT2D eigenvalue weighted by atomic mass is 9.84. The number of nitrogens with two attached hydrogens (primary N) is 1. The van der Waals surface area contributed by atoms with Gasteiger partial charge < -0.3 is 10.5 Å². The molecule has 14 heavy (non-hydrogen) atoms. The van der Waals surface area contributed by atoms with Crippen molar-refractivity contribution < 1.29 is 4.74 Å². The number of methoxy groups -OCH3 is 1. The molecule has 2 aliphatic carbocycles. The fourth-order valence-corrected chi connectivity index (χ4v) is 2.89. The second kappa shape index (κ2) is 4.19. The van der Waals surface area contributed by atoms with Crippen LogP contribution in [0.1, 0.15) is 51.4 Å². The smallest absolute Gasteiger partial charge is 0.0831 e. The van der Waals surface area contributed by atoms with E-state index >= 15 is 0 Å². The molecule has 0 aromatic rings. The zero-order chi connectivity index (χ0) is 10.0. The van der Waals surface area contributed by atoms with E-state index in [1.165, 1.54) is 51.4 Å². The van der Waals surface area contributed by atoms with Gasteiger partial charge in [-0.25, -0.2) is 0 Å². The maximum atomic E-state index is 6.34. The average Bonchev–Trinajstić information content (AvgIpc) is 3.04. The lowest BCUT2D eigenvalue weighted by Gasteiger charge is -2.37. The van der Waals surface area contributed by atoms with Gasteiger partial charge in [-0.15, -0.1) is 0 Å². The van der Waals surface area contributed by atoms with Crippen LogP contribution in [0.5, 0.6) is 0 Å². The molecule has 2 fully saturated rings. The molecule has 1 unspecified atom stereocenters. The summed E-state index contributed by atoms with van der Waals surface area (Å²) in [7, 11) is 1.85. The van der Waals surface area contributed by atoms with Crippen molar-refractivity contribution in [2.24, 2.45) is 11.7 Å². The van der Waals surface area contributed by atoms with E-state index in [0.29, 0.717) is 6.04 Å². The molecule has 2 heteroatoms. The first-order valence-corrected chi connectivity index (χ1v) is 6.09. The Bertz CT molecular complexity index is 181. The molecule has 0 aromatic heterocycles. The summed E-state index contributed by atoms with van der Waals surface area (Å²) in [5.41, 5.74) is 6.37. The van der Waals surface area contributed by atoms with Gasteiger partial charge in [0, 0.05) is 13.2 Å². The zero-order valence-electron chi connectivity index (χ0n) is 9.30. The first-order valence-electron chi connectivity index (χ1n) is 6.09. The van der Waals surface area contributed by atoms with Crippen LogP contribution in [-0.2, 0) is 4.74 Å². The maximum absolute atomic E-state index is 6.34. The summed E-state index contributed by atoms with van der Waals surface area (Å²) in [6.07, 6.45) is 10.3. The summed E-state index contributed by atoms with van der Waals surface area (Å²) in [6, 6.07) is 0.297. The molecule has 0 amide bonds. The Morgan fingerprint density at radius 2 is 1.71 bits per heavy atom. The van der Waals surface area contributed by atoms with Gasteiger partial charge in [0.1, 0.15) is 0 Å². The molecule has 2 N–H and O–H groups in total. The first-order chi connectivity index (χ1) is 6.78. The first kappa shape index (κ1) is 10.4. The van der Waals surface area contributed by atoms with Gasteiger partial charge in [-0.05, 0) is 31.6 Å². The predicted molar refractivity (Wildman–Crippen MR) is 58.1 cm³/mol. The fourth-order valence-electron chi connectivity index (χ4n) is 2.89. The Kier molecular flexibility index (Phi) is 3.13. The molecule has 0 bridgehead atoms. The minimum absolute atomic E-state index is 0.0255. The predicted octanol–water partition coefficient (Wildman–Crippen LogP) is 2.46. The second-order valence-corrected chi connectivity index (χ2v) is 5.05. The number of hydrogen-bond acceptors (Lipinski definition) is 2. The van der Waals surface area contributed by atoms with E-state index in [0.717, 1.165) is 5.92 Å². The van der Waals surface area contributed by atoms with Crippen LogP contribution in [0.25, 0.3) is 0 Å². The van der Waals surface area contributed by atoms with Crippen molar-refractivity contribution in [3.63, 3.8) is 0 Å². The molecule has 2 saturated carbocycles. The Hall–Kier alpha value is -0.0800. The van der Waals surface area contributed by atoms with Crippen LogP contribution in [0.4, 0.5) is 0 Å². The molecule has 2 rings (SSSR count). The lowest BCUT2D eigenvalue weighted by molar-refractivity contribution is -0.0483. The van der Waals surface area contributed by atoms with Crippen molar-refractivity contribution >= 4 is 0 Å². The third-order valence-electron chi connectivity index (χ3n) is 4.09. The van der Waals surface area contributed by atoms with Crippen molar-refractivity contribution in [3.05, 3.63) is 0 Å². The van der Waals surface area contributed by atoms with Gasteiger partial charge in [0.2, 0.25) is 0 Å². The molecule has 0 aliphatic heterocycles. The highest BCUT2D eigenvalue weighted by molar-refractivity contribution is 5.00. The standard InChI is InChI=1S/C12H23NO/c1-14-12(11(13)10-6-7-10)8-4-2-3-5-9-12/h10-11H,2-9,13H2,1H3. The lowest BCUT2D eigenvalue weighted by Crippen LogP contribution is -2.50. The third kappa shape index (κ3) is 1.96. The molecule has 1 atom stereocenters. The maximum Gasteiger partial charge on any atom is 0.0831 e. The van der Waals surface area contributed by atoms with E-state index < -0.39 is 0 Å². The Morgan fingerprint density at radius 1 is 1.14 bits per heavy atom. The van der Waals surface area contributed by atoms with Crippen LogP contribution in [0, 0.1) is 5.92 Å². The van der Waals surface area contributed by atoms with Crippen molar-refractivity contribution in [1.29, 1.82) is 0 Å². The summed E-state index contributed by atoms with van der Waals surface area (Å²) >= 11 is 0. The van der Waals surface area contributed by atoms with Crippen molar-refractivity contribution in [1.82, 2.24) is 0 Å². The van der Waals surface area contributed by atoms with Crippen molar-refractivity contribution in [3.8, 4) is 0 Å². The highest BCUT2D eigenvalue weighted by Gasteiger charge is 2.44. The Balaban J connectivity index is 2.04. The normalized spacial score (nSPS) is 29.6. The number of rotatable bonds is 3. The minimum atomic E-state index is 0.0255. The second-order valence-electron chi connectivity index (χ2n) is 5.05. The van der Waals surface area contributed by atoms with E-state index in [1.807, 2.05) is 7.11 Å². The summed E-state index contributed by atoms with van der Waals surface area (Å²) in [6.45, 7) is 0. The molecule has 0 heterocycles. The monoisotopic (exact) mass is 197 g/mol. The van der Waals surface area contributed by atoms with E-state index in [2.05, 4.69) is 0 Å². The number of hydrogen-bond donors (Lipinski definition) is 1. The van der Waals surface area contributed by atoms with Gasteiger partial charge in [-0.3, -0.25) is 0 Å². The molecule has 0 spiro atoms. The highest BCUT2D eigenvalue weighted by atomic mass is 16.5. The Morgan fingerprint density at radius 3 is 2.14 bits per heavy atom. The molecule has 2 nitrogen and oxygen atoms in total. The van der Waals surface area contributed by atoms with E-state index in [1.54, 1.807) is 0 Å². The Labute approximate surface area is 87.2 Å². The van der Waals surface area contributed by atoms with Gasteiger partial charge >= 0.3 is 0 Å². The molecular formula is C12H23NO. The summed E-state index contributed by atoms with van der Waals surface area (Å²) in [4.78, 5) is 0. The van der Waals surface area contributed by atoms with Crippen LogP contribution < -0.4 is 5.73 Å². The van der Waals surface area contributed by atoms with E-state index in [4.69, 9.17) is 10.5 Å². The minimum Gasteiger partial charge on any atom is -0.377 e. The van der Waals surface area contributed by atoms with Gasteiger partial charge in [-0.1, -0.05) is 25.7 Å². The largest absolute Gasteiger partial charge is 0.377 e. The molecule has 82 valence electrons. The highest BCUT2D eigenvalue weighted by Crippen LogP contribution is 2.42. The van der Waals surface area contributed by atoms with Crippen molar-refractivity contribution in [2.45, 2.75) is 63.0 Å². The van der Waals surface area contributed by atoms with E-state index in [9.17, 15) is 0 Å². The van der Waals surface area contributed by atoms with Crippen LogP contribution >= 0.6 is 0 Å². The van der Waals surface area contributed by atoms with Crippen LogP contribution in [0.3, 0.4) is 0 Å². The molecule has 0 saturated heterocycles. The summed E-state index contributed by atoms with van der Waals surface area (Å²) < 4.78 is 5.80. The van der Waals surface area contributed by atoms with Crippen LogP contribution in [-0.4, -0.2) is 18.8 Å². The van der Waals surface area contributed by atoms with Crippen LogP contribution in [0.15, 0.2) is 0 Å². The molecule has 0 aromatic carbocycles. The molecule has 2 aliphatic rings. The van der Waals surface area contributed by atoms with Crippen molar-refractivity contribution in [2.75, 3.05) is 7.11 Å². The average molecular weight is 197 g/mol. The van der Waals surface area contributed by atoms with Gasteiger partial charge in [-0.2, -0.15) is 0 Å². The van der Waals surface area contributed by atoms with Gasteiger partial charge in [0.25, 0.3) is 0 Å². The summed E-state index contributed by atoms with van der Waals surface area (Å²) in [5, 5.41) is 0. The number of ether oxygens (including phenoxy) is 1. The SMILES string of the molecule is COC1(C(N)C2CC2)CCCCCC1. The zero-order valence-corrected chi connectivity index (χ0v) is 9.30.